The van der Waals surface area contributed by atoms with Gasteiger partial charge >= 0.3 is 0 Å². The van der Waals surface area contributed by atoms with Gasteiger partial charge in [0.1, 0.15) is 5.51 Å². The van der Waals surface area contributed by atoms with Crippen LogP contribution >= 0.6 is 23.1 Å². The number of fused-ring (bicyclic) bond motifs is 1. The van der Waals surface area contributed by atoms with Gasteiger partial charge in [0, 0.05) is 29.2 Å². The molecule has 1 N–H and O–H groups in total. The smallest absolute Gasteiger partial charge is 0.261 e. The van der Waals surface area contributed by atoms with Crippen LogP contribution in [-0.4, -0.2) is 30.6 Å². The van der Waals surface area contributed by atoms with E-state index in [9.17, 15) is 13.2 Å². The highest BCUT2D eigenvalue weighted by Gasteiger charge is 2.30. The summed E-state index contributed by atoms with van der Waals surface area (Å²) in [6.07, 6.45) is 0.635. The number of rotatable bonds is 5. The zero-order valence-corrected chi connectivity index (χ0v) is 18.1. The SMILES string of the molecule is CC(=O)N1c2ccc(S(=O)(=O)Nc3ccc(Sc4nncs4)cc3)cc2CC1C. The second kappa shape index (κ2) is 7.77. The number of aromatic nitrogens is 2. The molecule has 0 bridgehead atoms. The average molecular weight is 447 g/mol. The molecule has 150 valence electrons. The molecule has 0 saturated carbocycles. The van der Waals surface area contributed by atoms with E-state index in [0.29, 0.717) is 12.1 Å². The molecule has 7 nitrogen and oxygen atoms in total. The predicted molar refractivity (Wildman–Crippen MR) is 114 cm³/mol. The minimum Gasteiger partial charge on any atom is -0.309 e. The average Bonchev–Trinajstić information content (AvgIpc) is 3.28. The molecule has 4 rings (SSSR count). The minimum atomic E-state index is -3.73. The van der Waals surface area contributed by atoms with Gasteiger partial charge in [-0.25, -0.2) is 8.42 Å². The van der Waals surface area contributed by atoms with Crippen molar-refractivity contribution in [1.82, 2.24) is 10.2 Å². The van der Waals surface area contributed by atoms with Crippen LogP contribution in [0.3, 0.4) is 0 Å². The van der Waals surface area contributed by atoms with Crippen LogP contribution in [0.2, 0.25) is 0 Å². The van der Waals surface area contributed by atoms with Crippen LogP contribution in [0.1, 0.15) is 19.4 Å². The summed E-state index contributed by atoms with van der Waals surface area (Å²) < 4.78 is 29.1. The van der Waals surface area contributed by atoms with Crippen molar-refractivity contribution in [3.8, 4) is 0 Å². The molecule has 1 aromatic heterocycles. The molecule has 29 heavy (non-hydrogen) atoms. The van der Waals surface area contributed by atoms with Gasteiger partial charge < -0.3 is 4.90 Å². The van der Waals surface area contributed by atoms with Crippen molar-refractivity contribution in [2.75, 3.05) is 9.62 Å². The monoisotopic (exact) mass is 446 g/mol. The first-order chi connectivity index (χ1) is 13.8. The van der Waals surface area contributed by atoms with Crippen molar-refractivity contribution >= 4 is 50.4 Å². The fourth-order valence-corrected chi connectivity index (χ4v) is 5.93. The Morgan fingerprint density at radius 2 is 2.00 bits per heavy atom. The van der Waals surface area contributed by atoms with Crippen molar-refractivity contribution in [1.29, 1.82) is 0 Å². The maximum Gasteiger partial charge on any atom is 0.261 e. The van der Waals surface area contributed by atoms with Gasteiger partial charge in [0.25, 0.3) is 10.0 Å². The predicted octanol–water partition coefficient (Wildman–Crippen LogP) is 3.79. The van der Waals surface area contributed by atoms with E-state index in [-0.39, 0.29) is 16.8 Å². The van der Waals surface area contributed by atoms with E-state index >= 15 is 0 Å². The van der Waals surface area contributed by atoms with E-state index < -0.39 is 10.0 Å². The highest BCUT2D eigenvalue weighted by Crippen LogP contribution is 2.34. The van der Waals surface area contributed by atoms with Gasteiger partial charge in [-0.15, -0.1) is 10.2 Å². The maximum absolute atomic E-state index is 12.8. The Bertz CT molecular complexity index is 1150. The number of hydrogen-bond acceptors (Lipinski definition) is 7. The summed E-state index contributed by atoms with van der Waals surface area (Å²) in [6, 6.07) is 12.0. The summed E-state index contributed by atoms with van der Waals surface area (Å²) in [6.45, 7) is 3.47. The first-order valence-corrected chi connectivity index (χ1v) is 12.0. The highest BCUT2D eigenvalue weighted by molar-refractivity contribution is 8.01. The number of sulfonamides is 1. The van der Waals surface area contributed by atoms with Crippen LogP contribution in [0.25, 0.3) is 0 Å². The molecular formula is C19H18N4O3S3. The zero-order valence-electron chi connectivity index (χ0n) is 15.7. The molecule has 3 aromatic rings. The number of benzene rings is 2. The van der Waals surface area contributed by atoms with E-state index in [1.807, 2.05) is 19.1 Å². The Hall–Kier alpha value is -2.43. The maximum atomic E-state index is 12.8. The van der Waals surface area contributed by atoms with Crippen molar-refractivity contribution in [2.24, 2.45) is 0 Å². The van der Waals surface area contributed by atoms with Crippen molar-refractivity contribution in [3.63, 3.8) is 0 Å². The quantitative estimate of drug-likeness (QED) is 0.641. The van der Waals surface area contributed by atoms with Crippen molar-refractivity contribution in [2.45, 2.75) is 40.4 Å². The Morgan fingerprint density at radius 3 is 2.66 bits per heavy atom. The Balaban J connectivity index is 1.52. The third kappa shape index (κ3) is 4.14. The molecule has 10 heteroatoms. The molecule has 1 unspecified atom stereocenters. The van der Waals surface area contributed by atoms with Gasteiger partial charge in [-0.05, 0) is 61.4 Å². The molecule has 0 radical (unpaired) electrons. The third-order valence-electron chi connectivity index (χ3n) is 4.57. The topological polar surface area (TPSA) is 92.3 Å². The number of nitrogens with zero attached hydrogens (tertiary/aromatic N) is 3. The van der Waals surface area contributed by atoms with Gasteiger partial charge in [0.15, 0.2) is 4.34 Å². The second-order valence-corrected chi connectivity index (χ2v) is 10.5. The standard InChI is InChI=1S/C19H18N4O3S3/c1-12-9-14-10-17(7-8-18(14)23(12)13(2)24)29(25,26)22-15-3-5-16(6-4-15)28-19-21-20-11-27-19/h3-8,10-12,22H,9H2,1-2H3. The highest BCUT2D eigenvalue weighted by atomic mass is 32.2. The summed E-state index contributed by atoms with van der Waals surface area (Å²) in [5.41, 5.74) is 3.78. The molecule has 2 heterocycles. The fourth-order valence-electron chi connectivity index (χ4n) is 3.37. The number of amides is 1. The first kappa shape index (κ1) is 19.9. The molecule has 0 saturated heterocycles. The molecular weight excluding hydrogens is 428 g/mol. The molecule has 1 amide bonds. The lowest BCUT2D eigenvalue weighted by atomic mass is 10.1. The largest absolute Gasteiger partial charge is 0.309 e. The van der Waals surface area contributed by atoms with Gasteiger partial charge in [-0.1, -0.05) is 23.1 Å². The van der Waals surface area contributed by atoms with E-state index in [2.05, 4.69) is 14.9 Å². The molecule has 1 aliphatic heterocycles. The number of hydrogen-bond donors (Lipinski definition) is 1. The molecule has 0 spiro atoms. The van der Waals surface area contributed by atoms with Crippen LogP contribution < -0.4 is 9.62 Å². The number of carbonyl (C=O) groups is 1. The first-order valence-electron chi connectivity index (χ1n) is 8.83. The number of anilines is 2. The summed E-state index contributed by atoms with van der Waals surface area (Å²) in [7, 11) is -3.73. The van der Waals surface area contributed by atoms with Crippen molar-refractivity contribution < 1.29 is 13.2 Å². The van der Waals surface area contributed by atoms with Gasteiger partial charge in [0.2, 0.25) is 5.91 Å². The summed E-state index contributed by atoms with van der Waals surface area (Å²) in [5, 5.41) is 7.77. The Labute approximate surface area is 177 Å². The Kier molecular flexibility index (Phi) is 5.32. The molecule has 2 aromatic carbocycles. The minimum absolute atomic E-state index is 0.0199. The van der Waals surface area contributed by atoms with Crippen LogP contribution in [0.5, 0.6) is 0 Å². The summed E-state index contributed by atoms with van der Waals surface area (Å²) >= 11 is 2.91. The molecule has 1 atom stereocenters. The van der Waals surface area contributed by atoms with E-state index in [1.54, 1.807) is 34.7 Å². The van der Waals surface area contributed by atoms with E-state index in [1.165, 1.54) is 36.1 Å². The number of carbonyl (C=O) groups excluding carboxylic acids is 1. The van der Waals surface area contributed by atoms with Crippen LogP contribution in [0, 0.1) is 0 Å². The van der Waals surface area contributed by atoms with Crippen LogP contribution in [-0.2, 0) is 21.2 Å². The zero-order chi connectivity index (χ0) is 20.6. The second-order valence-electron chi connectivity index (χ2n) is 6.67. The normalized spacial score (nSPS) is 15.9. The lowest BCUT2D eigenvalue weighted by Crippen LogP contribution is -2.33. The van der Waals surface area contributed by atoms with E-state index in [4.69, 9.17) is 0 Å². The molecule has 1 aliphatic rings. The Morgan fingerprint density at radius 1 is 1.24 bits per heavy atom. The lowest BCUT2D eigenvalue weighted by molar-refractivity contribution is -0.116. The number of nitrogens with one attached hydrogen (secondary N) is 1. The van der Waals surface area contributed by atoms with Crippen LogP contribution in [0.4, 0.5) is 11.4 Å². The van der Waals surface area contributed by atoms with Gasteiger partial charge in [0.05, 0.1) is 4.90 Å². The van der Waals surface area contributed by atoms with Crippen molar-refractivity contribution in [3.05, 3.63) is 53.5 Å². The van der Waals surface area contributed by atoms with Gasteiger partial charge in [-0.2, -0.15) is 0 Å². The molecule has 0 aliphatic carbocycles. The fraction of sp³-hybridized carbons (Fsp3) is 0.211. The van der Waals surface area contributed by atoms with E-state index in [0.717, 1.165) is 20.5 Å². The molecule has 0 fully saturated rings. The lowest BCUT2D eigenvalue weighted by Gasteiger charge is -2.20. The van der Waals surface area contributed by atoms with Crippen LogP contribution in [0.15, 0.2) is 62.1 Å². The third-order valence-corrected chi connectivity index (χ3v) is 7.73. The summed E-state index contributed by atoms with van der Waals surface area (Å²) in [4.78, 5) is 14.7. The van der Waals surface area contributed by atoms with Gasteiger partial charge in [-0.3, -0.25) is 9.52 Å². The summed E-state index contributed by atoms with van der Waals surface area (Å²) in [5.74, 6) is -0.0449.